The van der Waals surface area contributed by atoms with E-state index in [9.17, 15) is 19.7 Å². The Morgan fingerprint density at radius 1 is 1.32 bits per heavy atom. The highest BCUT2D eigenvalue weighted by atomic mass is 32.1. The quantitative estimate of drug-likeness (QED) is 0.664. The third kappa shape index (κ3) is 2.64. The molecule has 0 bridgehead atoms. The minimum Gasteiger partial charge on any atom is -0.481 e. The number of carboxylic acids is 1. The third-order valence-electron chi connectivity index (χ3n) is 3.76. The lowest BCUT2D eigenvalue weighted by molar-refractivity contribution is -0.384. The first kappa shape index (κ1) is 14.5. The molecule has 7 nitrogen and oxygen atoms in total. The van der Waals surface area contributed by atoms with Crippen LogP contribution in [0.3, 0.4) is 0 Å². The Balaban J connectivity index is 1.72. The molecule has 0 unspecified atom stereocenters. The van der Waals surface area contributed by atoms with Crippen molar-refractivity contribution in [3.63, 3.8) is 0 Å². The van der Waals surface area contributed by atoms with Crippen molar-refractivity contribution in [2.75, 3.05) is 0 Å². The molecular formula is C14H12N2O5S. The van der Waals surface area contributed by atoms with Gasteiger partial charge in [0.25, 0.3) is 11.6 Å². The fourth-order valence-corrected chi connectivity index (χ4v) is 3.40. The second-order valence-electron chi connectivity index (χ2n) is 5.27. The molecule has 1 heterocycles. The van der Waals surface area contributed by atoms with Crippen LogP contribution in [0.4, 0.5) is 5.69 Å². The molecule has 8 heteroatoms. The van der Waals surface area contributed by atoms with Crippen molar-refractivity contribution < 1.29 is 19.6 Å². The SMILES string of the molecule is O=C(NC1CC(C(=O)O)C1)c1cc2cc([N+](=O)[O-])ccc2s1. The van der Waals surface area contributed by atoms with E-state index < -0.39 is 10.9 Å². The van der Waals surface area contributed by atoms with Crippen molar-refractivity contribution in [2.24, 2.45) is 5.92 Å². The summed E-state index contributed by atoms with van der Waals surface area (Å²) in [6.45, 7) is 0. The number of carbonyl (C=O) groups is 2. The summed E-state index contributed by atoms with van der Waals surface area (Å²) < 4.78 is 0.799. The van der Waals surface area contributed by atoms with Crippen molar-refractivity contribution in [1.82, 2.24) is 5.32 Å². The molecular weight excluding hydrogens is 308 g/mol. The largest absolute Gasteiger partial charge is 0.481 e. The number of carbonyl (C=O) groups excluding carboxylic acids is 1. The summed E-state index contributed by atoms with van der Waals surface area (Å²) in [6.07, 6.45) is 0.884. The average molecular weight is 320 g/mol. The molecule has 1 aliphatic carbocycles. The van der Waals surface area contributed by atoms with Gasteiger partial charge in [-0.05, 0) is 25.0 Å². The molecule has 3 rings (SSSR count). The van der Waals surface area contributed by atoms with E-state index in [0.717, 1.165) is 4.70 Å². The molecule has 0 atom stereocenters. The second-order valence-corrected chi connectivity index (χ2v) is 6.35. The number of aliphatic carboxylic acids is 1. The van der Waals surface area contributed by atoms with E-state index >= 15 is 0 Å². The number of nitro benzene ring substituents is 1. The number of thiophene rings is 1. The lowest BCUT2D eigenvalue weighted by Crippen LogP contribution is -2.46. The predicted molar refractivity (Wildman–Crippen MR) is 80.1 cm³/mol. The van der Waals surface area contributed by atoms with Gasteiger partial charge in [-0.25, -0.2) is 0 Å². The van der Waals surface area contributed by atoms with Crippen molar-refractivity contribution in [2.45, 2.75) is 18.9 Å². The van der Waals surface area contributed by atoms with E-state index in [-0.39, 0.29) is 23.6 Å². The van der Waals surface area contributed by atoms with Crippen LogP contribution in [0.15, 0.2) is 24.3 Å². The molecule has 2 aromatic rings. The highest BCUT2D eigenvalue weighted by Crippen LogP contribution is 2.31. The van der Waals surface area contributed by atoms with Crippen molar-refractivity contribution in [3.05, 3.63) is 39.3 Å². The zero-order valence-electron chi connectivity index (χ0n) is 11.3. The number of carboxylic acid groups (broad SMARTS) is 1. The number of non-ortho nitro benzene ring substituents is 1. The maximum atomic E-state index is 12.1. The fourth-order valence-electron chi connectivity index (χ4n) is 2.45. The molecule has 22 heavy (non-hydrogen) atoms. The first-order valence-corrected chi connectivity index (χ1v) is 7.47. The standard InChI is InChI=1S/C14H12N2O5S/c17-13(15-9-3-8(4-9)14(18)19)12-6-7-5-10(16(20)21)1-2-11(7)22-12/h1-2,5-6,8-9H,3-4H2,(H,15,17)(H,18,19). The Labute approximate surface area is 128 Å². The highest BCUT2D eigenvalue weighted by molar-refractivity contribution is 7.20. The summed E-state index contributed by atoms with van der Waals surface area (Å²) in [4.78, 5) is 33.6. The minimum atomic E-state index is -0.834. The van der Waals surface area contributed by atoms with Crippen LogP contribution in [0.5, 0.6) is 0 Å². The summed E-state index contributed by atoms with van der Waals surface area (Å²) >= 11 is 1.26. The molecule has 1 aromatic carbocycles. The summed E-state index contributed by atoms with van der Waals surface area (Å²) in [7, 11) is 0. The van der Waals surface area contributed by atoms with Crippen LogP contribution < -0.4 is 5.32 Å². The molecule has 0 aliphatic heterocycles. The van der Waals surface area contributed by atoms with Gasteiger partial charge in [-0.1, -0.05) is 0 Å². The van der Waals surface area contributed by atoms with E-state index in [1.807, 2.05) is 0 Å². The number of amides is 1. The maximum absolute atomic E-state index is 12.1. The van der Waals surface area contributed by atoms with E-state index in [1.54, 1.807) is 12.1 Å². The predicted octanol–water partition coefficient (Wildman–Crippen LogP) is 2.40. The molecule has 1 amide bonds. The molecule has 1 aliphatic rings. The number of hydrogen-bond acceptors (Lipinski definition) is 5. The molecule has 1 fully saturated rings. The van der Waals surface area contributed by atoms with Gasteiger partial charge in [0.15, 0.2) is 0 Å². The number of fused-ring (bicyclic) bond motifs is 1. The van der Waals surface area contributed by atoms with Gasteiger partial charge >= 0.3 is 5.97 Å². The molecule has 0 saturated heterocycles. The molecule has 114 valence electrons. The van der Waals surface area contributed by atoms with Crippen LogP contribution in [0.25, 0.3) is 10.1 Å². The van der Waals surface area contributed by atoms with Gasteiger partial charge in [0, 0.05) is 28.3 Å². The summed E-state index contributed by atoms with van der Waals surface area (Å²) in [5.74, 6) is -1.48. The summed E-state index contributed by atoms with van der Waals surface area (Å²) in [5.41, 5.74) is -0.0134. The number of hydrogen-bond donors (Lipinski definition) is 2. The molecule has 2 N–H and O–H groups in total. The lowest BCUT2D eigenvalue weighted by Gasteiger charge is -2.32. The van der Waals surface area contributed by atoms with Gasteiger partial charge in [0.2, 0.25) is 0 Å². The molecule has 1 aromatic heterocycles. The Hall–Kier alpha value is -2.48. The van der Waals surface area contributed by atoms with E-state index in [0.29, 0.717) is 23.1 Å². The average Bonchev–Trinajstić information content (AvgIpc) is 2.84. The number of nitrogens with zero attached hydrogens (tertiary/aromatic N) is 1. The van der Waals surface area contributed by atoms with Crippen LogP contribution in [0, 0.1) is 16.0 Å². The number of benzene rings is 1. The Kier molecular flexibility index (Phi) is 3.53. The molecule has 0 spiro atoms. The van der Waals surface area contributed by atoms with Gasteiger partial charge in [0.05, 0.1) is 15.7 Å². The van der Waals surface area contributed by atoms with Crippen LogP contribution >= 0.6 is 11.3 Å². The number of nitrogens with one attached hydrogen (secondary N) is 1. The van der Waals surface area contributed by atoms with Gasteiger partial charge in [-0.15, -0.1) is 11.3 Å². The zero-order valence-corrected chi connectivity index (χ0v) is 12.1. The molecule has 0 radical (unpaired) electrons. The Bertz CT molecular complexity index is 779. The first-order valence-electron chi connectivity index (χ1n) is 6.65. The molecule has 1 saturated carbocycles. The van der Waals surface area contributed by atoms with E-state index in [4.69, 9.17) is 5.11 Å². The summed E-state index contributed by atoms with van der Waals surface area (Å²) in [5, 5.41) is 23.0. The number of nitro groups is 1. The van der Waals surface area contributed by atoms with Crippen molar-refractivity contribution in [1.29, 1.82) is 0 Å². The van der Waals surface area contributed by atoms with Gasteiger partial charge in [-0.2, -0.15) is 0 Å². The highest BCUT2D eigenvalue weighted by Gasteiger charge is 2.35. The topological polar surface area (TPSA) is 110 Å². The summed E-state index contributed by atoms with van der Waals surface area (Å²) in [6, 6.07) is 5.97. The van der Waals surface area contributed by atoms with Crippen LogP contribution in [0.1, 0.15) is 22.5 Å². The van der Waals surface area contributed by atoms with Crippen LogP contribution in [0.2, 0.25) is 0 Å². The van der Waals surface area contributed by atoms with Crippen LogP contribution in [-0.2, 0) is 4.79 Å². The zero-order chi connectivity index (χ0) is 15.9. The van der Waals surface area contributed by atoms with Crippen molar-refractivity contribution in [3.8, 4) is 0 Å². The first-order chi connectivity index (χ1) is 10.4. The van der Waals surface area contributed by atoms with E-state index in [1.165, 1.54) is 23.5 Å². The van der Waals surface area contributed by atoms with Gasteiger partial charge in [-0.3, -0.25) is 19.7 Å². The third-order valence-corrected chi connectivity index (χ3v) is 4.87. The Morgan fingerprint density at radius 2 is 2.05 bits per heavy atom. The van der Waals surface area contributed by atoms with E-state index in [2.05, 4.69) is 5.32 Å². The monoisotopic (exact) mass is 320 g/mol. The minimum absolute atomic E-state index is 0.0134. The smallest absolute Gasteiger partial charge is 0.306 e. The second kappa shape index (κ2) is 5.38. The lowest BCUT2D eigenvalue weighted by atomic mass is 9.80. The van der Waals surface area contributed by atoms with Crippen LogP contribution in [-0.4, -0.2) is 27.9 Å². The van der Waals surface area contributed by atoms with Gasteiger partial charge < -0.3 is 10.4 Å². The van der Waals surface area contributed by atoms with Crippen molar-refractivity contribution >= 4 is 39.0 Å². The normalized spacial score (nSPS) is 20.4. The Morgan fingerprint density at radius 3 is 2.68 bits per heavy atom. The van der Waals surface area contributed by atoms with Gasteiger partial charge in [0.1, 0.15) is 0 Å². The fraction of sp³-hybridized carbons (Fsp3) is 0.286. The maximum Gasteiger partial charge on any atom is 0.306 e. The number of rotatable bonds is 4.